The summed E-state index contributed by atoms with van der Waals surface area (Å²) in [5, 5.41) is 10.8. The molecule has 0 saturated heterocycles. The minimum absolute atomic E-state index is 0.169. The topological polar surface area (TPSA) is 101 Å². The molecular weight excluding hydrogens is 362 g/mol. The van der Waals surface area contributed by atoms with Crippen molar-refractivity contribution in [1.29, 1.82) is 0 Å². The molecule has 1 atom stereocenters. The summed E-state index contributed by atoms with van der Waals surface area (Å²) in [6.07, 6.45) is 0.643. The van der Waals surface area contributed by atoms with Crippen LogP contribution in [0.4, 0.5) is 5.69 Å². The number of hydrogen-bond acceptors (Lipinski definition) is 6. The number of rotatable bonds is 8. The van der Waals surface area contributed by atoms with E-state index in [1.54, 1.807) is 0 Å². The van der Waals surface area contributed by atoms with Crippen LogP contribution in [0.5, 0.6) is 0 Å². The summed E-state index contributed by atoms with van der Waals surface area (Å²) < 4.78 is 24.8. The highest BCUT2D eigenvalue weighted by Gasteiger charge is 2.26. The molecule has 25 heavy (non-hydrogen) atoms. The molecule has 0 aliphatic heterocycles. The Balaban J connectivity index is 2.14. The third-order valence-electron chi connectivity index (χ3n) is 3.55. The molecule has 0 spiro atoms. The van der Waals surface area contributed by atoms with Crippen molar-refractivity contribution < 1.29 is 13.3 Å². The number of hydrazine groups is 1. The molecule has 0 saturated carbocycles. The van der Waals surface area contributed by atoms with E-state index >= 15 is 0 Å². The second kappa shape index (κ2) is 7.96. The minimum atomic E-state index is -3.93. The fraction of sp³-hybridized carbons (Fsp3) is 0.250. The lowest BCUT2D eigenvalue weighted by atomic mass is 10.3. The van der Waals surface area contributed by atoms with Crippen LogP contribution in [0.25, 0.3) is 0 Å². The van der Waals surface area contributed by atoms with Gasteiger partial charge in [0.15, 0.2) is 0 Å². The van der Waals surface area contributed by atoms with Crippen LogP contribution < -0.4 is 10.3 Å². The molecular formula is C16H19N3O4S2. The third-order valence-corrected chi connectivity index (χ3v) is 6.14. The van der Waals surface area contributed by atoms with E-state index in [0.29, 0.717) is 6.42 Å². The van der Waals surface area contributed by atoms with E-state index < -0.39 is 19.8 Å². The molecule has 7 nitrogen and oxygen atoms in total. The van der Waals surface area contributed by atoms with Crippen LogP contribution in [0.3, 0.4) is 0 Å². The van der Waals surface area contributed by atoms with Gasteiger partial charge in [0.1, 0.15) is 0 Å². The van der Waals surface area contributed by atoms with Crippen LogP contribution >= 0.6 is 11.8 Å². The van der Waals surface area contributed by atoms with Gasteiger partial charge in [0.25, 0.3) is 15.7 Å². The standard InChI is InChI=1S/C16H19N3O4S2/c1-3-16(2,24-14-9-5-4-6-10-14)17-18-25(22,23)15-11-7-8-13(12-15)19(20)21/h4-12,17-18H,3H2,1-2H3. The lowest BCUT2D eigenvalue weighted by molar-refractivity contribution is -0.385. The molecule has 134 valence electrons. The number of nitrogens with one attached hydrogen (secondary N) is 2. The van der Waals surface area contributed by atoms with E-state index in [9.17, 15) is 18.5 Å². The normalized spacial score (nSPS) is 14.0. The van der Waals surface area contributed by atoms with Crippen molar-refractivity contribution in [2.45, 2.75) is 34.9 Å². The summed E-state index contributed by atoms with van der Waals surface area (Å²) in [4.78, 5) is 12.8. The zero-order valence-electron chi connectivity index (χ0n) is 13.8. The predicted octanol–water partition coefficient (Wildman–Crippen LogP) is 3.30. The van der Waals surface area contributed by atoms with E-state index in [2.05, 4.69) is 10.3 Å². The number of thioether (sulfide) groups is 1. The van der Waals surface area contributed by atoms with Crippen LogP contribution in [0.15, 0.2) is 64.4 Å². The van der Waals surface area contributed by atoms with Crippen molar-refractivity contribution in [3.63, 3.8) is 0 Å². The first-order valence-corrected chi connectivity index (χ1v) is 9.83. The molecule has 0 aliphatic rings. The van der Waals surface area contributed by atoms with Crippen LogP contribution in [0.2, 0.25) is 0 Å². The molecule has 0 aliphatic carbocycles. The van der Waals surface area contributed by atoms with Crippen molar-refractivity contribution in [2.24, 2.45) is 0 Å². The number of sulfonamides is 1. The molecule has 0 amide bonds. The van der Waals surface area contributed by atoms with Crippen molar-refractivity contribution in [3.05, 3.63) is 64.7 Å². The summed E-state index contributed by atoms with van der Waals surface area (Å²) in [7, 11) is -3.93. The monoisotopic (exact) mass is 381 g/mol. The van der Waals surface area contributed by atoms with Gasteiger partial charge in [0, 0.05) is 17.0 Å². The highest BCUT2D eigenvalue weighted by atomic mass is 32.2. The van der Waals surface area contributed by atoms with E-state index in [-0.39, 0.29) is 10.6 Å². The summed E-state index contributed by atoms with van der Waals surface area (Å²) in [5.41, 5.74) is 2.56. The van der Waals surface area contributed by atoms with E-state index in [1.807, 2.05) is 44.2 Å². The maximum absolute atomic E-state index is 12.4. The van der Waals surface area contributed by atoms with E-state index in [0.717, 1.165) is 11.0 Å². The maximum atomic E-state index is 12.4. The van der Waals surface area contributed by atoms with Crippen molar-refractivity contribution in [1.82, 2.24) is 10.3 Å². The molecule has 2 aromatic carbocycles. The molecule has 0 fully saturated rings. The van der Waals surface area contributed by atoms with Gasteiger partial charge in [0.2, 0.25) is 0 Å². The Morgan fingerprint density at radius 2 is 1.84 bits per heavy atom. The van der Waals surface area contributed by atoms with Gasteiger partial charge >= 0.3 is 0 Å². The average molecular weight is 381 g/mol. The molecule has 0 radical (unpaired) electrons. The van der Waals surface area contributed by atoms with Gasteiger partial charge in [-0.25, -0.2) is 13.8 Å². The fourth-order valence-electron chi connectivity index (χ4n) is 1.93. The smallest absolute Gasteiger partial charge is 0.258 e. The van der Waals surface area contributed by atoms with Crippen molar-refractivity contribution in [3.8, 4) is 0 Å². The van der Waals surface area contributed by atoms with Gasteiger partial charge < -0.3 is 0 Å². The molecule has 2 aromatic rings. The minimum Gasteiger partial charge on any atom is -0.258 e. The van der Waals surface area contributed by atoms with Gasteiger partial charge in [-0.05, 0) is 31.5 Å². The first-order chi connectivity index (χ1) is 11.8. The SMILES string of the molecule is CCC(C)(NNS(=O)(=O)c1cccc([N+](=O)[O-])c1)Sc1ccccc1. The summed E-state index contributed by atoms with van der Waals surface area (Å²) in [5.74, 6) is 0. The number of hydrogen-bond donors (Lipinski definition) is 2. The van der Waals surface area contributed by atoms with Gasteiger partial charge in [-0.2, -0.15) is 0 Å². The Hall–Kier alpha value is -1.94. The maximum Gasteiger partial charge on any atom is 0.270 e. The number of benzene rings is 2. The zero-order chi connectivity index (χ0) is 18.5. The van der Waals surface area contributed by atoms with E-state index in [4.69, 9.17) is 0 Å². The van der Waals surface area contributed by atoms with Crippen LogP contribution in [0, 0.1) is 10.1 Å². The van der Waals surface area contributed by atoms with Gasteiger partial charge in [-0.1, -0.05) is 31.2 Å². The second-order valence-corrected chi connectivity index (χ2v) is 8.74. The molecule has 1 unspecified atom stereocenters. The number of non-ortho nitro benzene ring substituents is 1. The first kappa shape index (κ1) is 19.4. The summed E-state index contributed by atoms with van der Waals surface area (Å²) in [6, 6.07) is 14.5. The molecule has 2 rings (SSSR count). The van der Waals surface area contributed by atoms with Crippen LogP contribution in [-0.2, 0) is 10.0 Å². The fourth-order valence-corrected chi connectivity index (χ4v) is 4.07. The average Bonchev–Trinajstić information content (AvgIpc) is 2.61. The Labute approximate surface area is 151 Å². The van der Waals surface area contributed by atoms with Gasteiger partial charge in [-0.15, -0.1) is 16.6 Å². The second-order valence-electron chi connectivity index (χ2n) is 5.48. The Bertz CT molecular complexity index is 843. The highest BCUT2D eigenvalue weighted by Crippen LogP contribution is 2.32. The summed E-state index contributed by atoms with van der Waals surface area (Å²) >= 11 is 1.49. The predicted molar refractivity (Wildman–Crippen MR) is 97.5 cm³/mol. The quantitative estimate of drug-likeness (QED) is 0.315. The lowest BCUT2D eigenvalue weighted by Crippen LogP contribution is -2.49. The van der Waals surface area contributed by atoms with Gasteiger partial charge in [-0.3, -0.25) is 10.1 Å². The zero-order valence-corrected chi connectivity index (χ0v) is 15.4. The number of nitro benzene ring substituents is 1. The van der Waals surface area contributed by atoms with Gasteiger partial charge in [0.05, 0.1) is 14.7 Å². The highest BCUT2D eigenvalue weighted by molar-refractivity contribution is 8.00. The Morgan fingerprint density at radius 1 is 1.16 bits per heavy atom. The molecule has 9 heteroatoms. The van der Waals surface area contributed by atoms with Crippen LogP contribution in [-0.4, -0.2) is 18.2 Å². The first-order valence-electron chi connectivity index (χ1n) is 7.53. The third kappa shape index (κ3) is 5.27. The molecule has 0 bridgehead atoms. The van der Waals surface area contributed by atoms with Crippen molar-refractivity contribution >= 4 is 27.5 Å². The van der Waals surface area contributed by atoms with E-state index in [1.165, 1.54) is 30.0 Å². The largest absolute Gasteiger partial charge is 0.270 e. The molecule has 0 heterocycles. The Morgan fingerprint density at radius 3 is 2.44 bits per heavy atom. The Kier molecular flexibility index (Phi) is 6.17. The van der Waals surface area contributed by atoms with Crippen molar-refractivity contribution in [2.75, 3.05) is 0 Å². The number of nitrogens with zero attached hydrogens (tertiary/aromatic N) is 1. The van der Waals surface area contributed by atoms with Crippen LogP contribution in [0.1, 0.15) is 20.3 Å². The molecule has 0 aromatic heterocycles. The summed E-state index contributed by atoms with van der Waals surface area (Å²) in [6.45, 7) is 3.81. The number of nitro groups is 1. The molecule has 2 N–H and O–H groups in total. The lowest BCUT2D eigenvalue weighted by Gasteiger charge is -2.29.